The summed E-state index contributed by atoms with van der Waals surface area (Å²) in [5.41, 5.74) is 0. The van der Waals surface area contributed by atoms with Crippen molar-refractivity contribution in [2.75, 3.05) is 46.4 Å². The van der Waals surface area contributed by atoms with E-state index in [-0.39, 0.29) is 36.7 Å². The predicted molar refractivity (Wildman–Crippen MR) is 112 cm³/mol. The third-order valence-electron chi connectivity index (χ3n) is 5.63. The van der Waals surface area contributed by atoms with Gasteiger partial charge in [-0.05, 0) is 57.3 Å². The molecule has 1 N–H and O–H groups in total. The molecule has 2 fully saturated rings. The highest BCUT2D eigenvalue weighted by molar-refractivity contribution is 5.85. The molecule has 1 atom stereocenters. The largest absolute Gasteiger partial charge is 0.484 e. The first-order valence-electron chi connectivity index (χ1n) is 10.1. The van der Waals surface area contributed by atoms with Gasteiger partial charge in [0, 0.05) is 32.1 Å². The van der Waals surface area contributed by atoms with Crippen molar-refractivity contribution in [2.24, 2.45) is 11.8 Å². The highest BCUT2D eigenvalue weighted by Crippen LogP contribution is 2.24. The van der Waals surface area contributed by atoms with Crippen LogP contribution in [0.3, 0.4) is 0 Å². The van der Waals surface area contributed by atoms with Crippen molar-refractivity contribution in [1.82, 2.24) is 15.1 Å². The third kappa shape index (κ3) is 6.11. The van der Waals surface area contributed by atoms with Crippen LogP contribution in [0.4, 0.5) is 0 Å². The summed E-state index contributed by atoms with van der Waals surface area (Å²) in [7, 11) is 1.97. The number of hydrogen-bond acceptors (Lipinski definition) is 4. The summed E-state index contributed by atoms with van der Waals surface area (Å²) in [6.45, 7) is 4.05. The monoisotopic (exact) mass is 409 g/mol. The van der Waals surface area contributed by atoms with E-state index in [1.165, 1.54) is 6.42 Å². The van der Waals surface area contributed by atoms with Crippen LogP contribution in [0.15, 0.2) is 30.3 Å². The van der Waals surface area contributed by atoms with Crippen LogP contribution in [-0.4, -0.2) is 68.0 Å². The predicted octanol–water partition coefficient (Wildman–Crippen LogP) is 2.18. The van der Waals surface area contributed by atoms with Crippen molar-refractivity contribution in [3.63, 3.8) is 0 Å². The van der Waals surface area contributed by atoms with Crippen LogP contribution in [0.5, 0.6) is 5.75 Å². The van der Waals surface area contributed by atoms with E-state index >= 15 is 0 Å². The maximum atomic E-state index is 12.9. The number of amides is 2. The van der Waals surface area contributed by atoms with Gasteiger partial charge in [-0.1, -0.05) is 18.2 Å². The number of para-hydroxylation sites is 1. The Morgan fingerprint density at radius 2 is 1.79 bits per heavy atom. The third-order valence-corrected chi connectivity index (χ3v) is 5.63. The molecule has 1 aromatic rings. The molecule has 1 aromatic carbocycles. The van der Waals surface area contributed by atoms with Crippen molar-refractivity contribution in [1.29, 1.82) is 0 Å². The average molecular weight is 410 g/mol. The van der Waals surface area contributed by atoms with E-state index in [1.54, 1.807) is 0 Å². The van der Waals surface area contributed by atoms with E-state index in [2.05, 4.69) is 5.32 Å². The standard InChI is InChI=1S/C21H31N3O3.ClH/c1-22-14-17-6-5-11-24(15-17)21(26)18-9-12-23(13-10-18)20(25)16-27-19-7-3-2-4-8-19;/h2-4,7-8,17-18,22H,5-6,9-16H2,1H3;1H. The smallest absolute Gasteiger partial charge is 0.260 e. The fourth-order valence-electron chi connectivity index (χ4n) is 4.11. The van der Waals surface area contributed by atoms with Gasteiger partial charge in [-0.25, -0.2) is 0 Å². The zero-order valence-corrected chi connectivity index (χ0v) is 17.5. The van der Waals surface area contributed by atoms with Gasteiger partial charge in [0.2, 0.25) is 5.91 Å². The van der Waals surface area contributed by atoms with Crippen LogP contribution >= 0.6 is 12.4 Å². The average Bonchev–Trinajstić information content (AvgIpc) is 2.73. The first-order chi connectivity index (χ1) is 13.2. The van der Waals surface area contributed by atoms with Crippen LogP contribution < -0.4 is 10.1 Å². The van der Waals surface area contributed by atoms with E-state index in [1.807, 2.05) is 47.2 Å². The SMILES string of the molecule is CNCC1CCCN(C(=O)C2CCN(C(=O)COc3ccccc3)CC2)C1.Cl. The van der Waals surface area contributed by atoms with E-state index < -0.39 is 0 Å². The number of piperidine rings is 2. The Labute approximate surface area is 174 Å². The highest BCUT2D eigenvalue weighted by Gasteiger charge is 2.32. The molecule has 7 heteroatoms. The lowest BCUT2D eigenvalue weighted by atomic mass is 9.92. The number of carbonyl (C=O) groups excluding carboxylic acids is 2. The van der Waals surface area contributed by atoms with Crippen LogP contribution in [0, 0.1) is 11.8 Å². The summed E-state index contributed by atoms with van der Waals surface area (Å²) < 4.78 is 5.55. The summed E-state index contributed by atoms with van der Waals surface area (Å²) in [6, 6.07) is 9.38. The van der Waals surface area contributed by atoms with Gasteiger partial charge >= 0.3 is 0 Å². The molecule has 2 aliphatic heterocycles. The number of hydrogen-bond donors (Lipinski definition) is 1. The molecule has 0 bridgehead atoms. The Hall–Kier alpha value is -1.79. The number of ether oxygens (including phenoxy) is 1. The molecular formula is C21H32ClN3O3. The first-order valence-corrected chi connectivity index (χ1v) is 10.1. The quantitative estimate of drug-likeness (QED) is 0.782. The molecule has 0 radical (unpaired) electrons. The molecule has 2 saturated heterocycles. The summed E-state index contributed by atoms with van der Waals surface area (Å²) >= 11 is 0. The normalized spacial score (nSPS) is 20.4. The molecule has 2 heterocycles. The number of carbonyl (C=O) groups is 2. The van der Waals surface area contributed by atoms with Crippen molar-refractivity contribution in [3.05, 3.63) is 30.3 Å². The first kappa shape index (κ1) is 22.5. The molecule has 28 heavy (non-hydrogen) atoms. The molecule has 0 aromatic heterocycles. The number of halogens is 1. The lowest BCUT2D eigenvalue weighted by Gasteiger charge is -2.37. The summed E-state index contributed by atoms with van der Waals surface area (Å²) in [6.07, 6.45) is 3.79. The van der Waals surface area contributed by atoms with E-state index in [9.17, 15) is 9.59 Å². The molecule has 6 nitrogen and oxygen atoms in total. The van der Waals surface area contributed by atoms with Crippen molar-refractivity contribution in [3.8, 4) is 5.75 Å². The molecule has 2 amide bonds. The van der Waals surface area contributed by atoms with E-state index in [0.29, 0.717) is 24.8 Å². The molecule has 1 unspecified atom stereocenters. The number of rotatable bonds is 6. The van der Waals surface area contributed by atoms with Crippen molar-refractivity contribution in [2.45, 2.75) is 25.7 Å². The Morgan fingerprint density at radius 3 is 2.46 bits per heavy atom. The van der Waals surface area contributed by atoms with Crippen LogP contribution in [0.25, 0.3) is 0 Å². The summed E-state index contributed by atoms with van der Waals surface area (Å²) in [5.74, 6) is 1.60. The minimum Gasteiger partial charge on any atom is -0.484 e. The van der Waals surface area contributed by atoms with Crippen LogP contribution in [-0.2, 0) is 9.59 Å². The minimum atomic E-state index is -0.00295. The van der Waals surface area contributed by atoms with Gasteiger partial charge in [0.25, 0.3) is 5.91 Å². The fourth-order valence-corrected chi connectivity index (χ4v) is 4.11. The Kier molecular flexibility index (Phi) is 9.06. The minimum absolute atomic E-state index is 0. The molecule has 156 valence electrons. The summed E-state index contributed by atoms with van der Waals surface area (Å²) in [4.78, 5) is 29.1. The van der Waals surface area contributed by atoms with Gasteiger partial charge in [0.1, 0.15) is 5.75 Å². The van der Waals surface area contributed by atoms with Crippen LogP contribution in [0.1, 0.15) is 25.7 Å². The second-order valence-corrected chi connectivity index (χ2v) is 7.61. The molecule has 3 rings (SSSR count). The zero-order valence-electron chi connectivity index (χ0n) is 16.6. The van der Waals surface area contributed by atoms with Gasteiger partial charge in [-0.15, -0.1) is 12.4 Å². The number of nitrogens with zero attached hydrogens (tertiary/aromatic N) is 2. The maximum absolute atomic E-state index is 12.9. The maximum Gasteiger partial charge on any atom is 0.260 e. The Balaban J connectivity index is 0.00000280. The summed E-state index contributed by atoms with van der Waals surface area (Å²) in [5, 5.41) is 3.22. The highest BCUT2D eigenvalue weighted by atomic mass is 35.5. The van der Waals surface area contributed by atoms with Gasteiger partial charge < -0.3 is 19.9 Å². The molecule has 2 aliphatic rings. The van der Waals surface area contributed by atoms with Gasteiger partial charge in [0.05, 0.1) is 0 Å². The topological polar surface area (TPSA) is 61.9 Å². The van der Waals surface area contributed by atoms with Crippen molar-refractivity contribution >= 4 is 24.2 Å². The lowest BCUT2D eigenvalue weighted by molar-refractivity contribution is -0.142. The van der Waals surface area contributed by atoms with E-state index in [4.69, 9.17) is 4.74 Å². The molecule has 0 spiro atoms. The molecule has 0 aliphatic carbocycles. The fraction of sp³-hybridized carbons (Fsp3) is 0.619. The van der Waals surface area contributed by atoms with Gasteiger partial charge in [-0.2, -0.15) is 0 Å². The zero-order chi connectivity index (χ0) is 19.1. The van der Waals surface area contributed by atoms with Gasteiger partial charge in [-0.3, -0.25) is 9.59 Å². The number of likely N-dealkylation sites (tertiary alicyclic amines) is 2. The van der Waals surface area contributed by atoms with Crippen molar-refractivity contribution < 1.29 is 14.3 Å². The van der Waals surface area contributed by atoms with E-state index in [0.717, 1.165) is 38.9 Å². The second kappa shape index (κ2) is 11.3. The Bertz CT molecular complexity index is 619. The lowest BCUT2D eigenvalue weighted by Crippen LogP contribution is -2.48. The second-order valence-electron chi connectivity index (χ2n) is 7.61. The molecule has 0 saturated carbocycles. The van der Waals surface area contributed by atoms with Crippen LogP contribution in [0.2, 0.25) is 0 Å². The number of benzene rings is 1. The van der Waals surface area contributed by atoms with Gasteiger partial charge in [0.15, 0.2) is 6.61 Å². The Morgan fingerprint density at radius 1 is 1.07 bits per heavy atom. The molecular weight excluding hydrogens is 378 g/mol. The number of nitrogens with one attached hydrogen (secondary N) is 1.